The minimum atomic E-state index is -0.901. The van der Waals surface area contributed by atoms with Crippen LogP contribution >= 0.6 is 11.8 Å². The molecule has 7 heteroatoms. The summed E-state index contributed by atoms with van der Waals surface area (Å²) in [6, 6.07) is 11.2. The molecule has 0 bridgehead atoms. The van der Waals surface area contributed by atoms with Crippen LogP contribution in [0, 0.1) is 13.8 Å². The molecule has 0 saturated carbocycles. The zero-order valence-electron chi connectivity index (χ0n) is 17.4. The number of nitrogens with one attached hydrogen (secondary N) is 1. The molecule has 0 fully saturated rings. The number of hydrogen-bond acceptors (Lipinski definition) is 6. The number of hydrogen-bond donors (Lipinski definition) is 1. The zero-order valence-corrected chi connectivity index (χ0v) is 18.2. The maximum atomic E-state index is 12.3. The lowest BCUT2D eigenvalue weighted by atomic mass is 10.1. The number of esters is 1. The highest BCUT2D eigenvalue weighted by Crippen LogP contribution is 2.29. The molecule has 1 amide bonds. The summed E-state index contributed by atoms with van der Waals surface area (Å²) in [7, 11) is 3.06. The van der Waals surface area contributed by atoms with Crippen molar-refractivity contribution in [1.82, 2.24) is 0 Å². The predicted octanol–water partition coefficient (Wildman–Crippen LogP) is 4.37. The summed E-state index contributed by atoms with van der Waals surface area (Å²) in [6.45, 7) is 5.67. The van der Waals surface area contributed by atoms with Gasteiger partial charge < -0.3 is 19.5 Å². The number of carbonyl (C=O) groups is 2. The molecule has 29 heavy (non-hydrogen) atoms. The van der Waals surface area contributed by atoms with Gasteiger partial charge in [0.2, 0.25) is 0 Å². The summed E-state index contributed by atoms with van der Waals surface area (Å²) < 4.78 is 15.6. The fourth-order valence-electron chi connectivity index (χ4n) is 2.52. The van der Waals surface area contributed by atoms with Gasteiger partial charge in [-0.2, -0.15) is 0 Å². The number of amides is 1. The zero-order chi connectivity index (χ0) is 21.4. The summed E-state index contributed by atoms with van der Waals surface area (Å²) in [5, 5.41) is 2.71. The van der Waals surface area contributed by atoms with Gasteiger partial charge in [0.05, 0.1) is 20.6 Å². The highest BCUT2D eigenvalue weighted by atomic mass is 32.2. The Labute approximate surface area is 175 Å². The molecule has 0 radical (unpaired) electrons. The smallest absolute Gasteiger partial charge is 0.307 e. The lowest BCUT2D eigenvalue weighted by molar-refractivity contribution is -0.152. The third-order valence-electron chi connectivity index (χ3n) is 4.38. The van der Waals surface area contributed by atoms with E-state index in [1.165, 1.54) is 25.3 Å². The number of benzene rings is 2. The first-order chi connectivity index (χ1) is 13.8. The molecule has 1 N–H and O–H groups in total. The minimum Gasteiger partial charge on any atom is -0.493 e. The molecular formula is C22H27NO5S. The van der Waals surface area contributed by atoms with Gasteiger partial charge in [0.15, 0.2) is 17.6 Å². The Kier molecular flexibility index (Phi) is 8.39. The molecule has 1 atom stereocenters. The lowest BCUT2D eigenvalue weighted by Crippen LogP contribution is -2.30. The molecule has 2 rings (SSSR count). The highest BCUT2D eigenvalue weighted by Gasteiger charge is 2.18. The largest absolute Gasteiger partial charge is 0.493 e. The van der Waals surface area contributed by atoms with Gasteiger partial charge in [-0.1, -0.05) is 6.07 Å². The summed E-state index contributed by atoms with van der Waals surface area (Å²) in [5.41, 5.74) is 2.99. The van der Waals surface area contributed by atoms with Crippen LogP contribution in [-0.2, 0) is 14.3 Å². The molecule has 0 spiro atoms. The molecule has 156 valence electrons. The van der Waals surface area contributed by atoms with E-state index < -0.39 is 18.0 Å². The van der Waals surface area contributed by atoms with Crippen molar-refractivity contribution in [3.05, 3.63) is 47.5 Å². The molecule has 0 aliphatic rings. The quantitative estimate of drug-likeness (QED) is 0.482. The van der Waals surface area contributed by atoms with Crippen molar-refractivity contribution in [2.45, 2.75) is 38.2 Å². The van der Waals surface area contributed by atoms with Crippen molar-refractivity contribution in [1.29, 1.82) is 0 Å². The van der Waals surface area contributed by atoms with Crippen molar-refractivity contribution in [2.75, 3.05) is 25.3 Å². The van der Waals surface area contributed by atoms with E-state index in [0.717, 1.165) is 4.90 Å². The molecule has 0 aliphatic heterocycles. The molecule has 0 aromatic heterocycles. The monoisotopic (exact) mass is 417 g/mol. The Hall–Kier alpha value is -2.67. The summed E-state index contributed by atoms with van der Waals surface area (Å²) in [4.78, 5) is 25.5. The molecule has 0 saturated heterocycles. The van der Waals surface area contributed by atoms with E-state index in [4.69, 9.17) is 14.2 Å². The van der Waals surface area contributed by atoms with Gasteiger partial charge in [-0.05, 0) is 56.2 Å². The van der Waals surface area contributed by atoms with E-state index in [9.17, 15) is 9.59 Å². The van der Waals surface area contributed by atoms with Crippen molar-refractivity contribution in [3.8, 4) is 11.5 Å². The van der Waals surface area contributed by atoms with E-state index >= 15 is 0 Å². The van der Waals surface area contributed by atoms with E-state index in [2.05, 4.69) is 31.3 Å². The topological polar surface area (TPSA) is 73.9 Å². The van der Waals surface area contributed by atoms with Crippen molar-refractivity contribution in [3.63, 3.8) is 0 Å². The molecule has 2 aromatic rings. The van der Waals surface area contributed by atoms with Gasteiger partial charge in [0.1, 0.15) is 0 Å². The van der Waals surface area contributed by atoms with Crippen LogP contribution in [0.15, 0.2) is 41.3 Å². The predicted molar refractivity (Wildman–Crippen MR) is 115 cm³/mol. The summed E-state index contributed by atoms with van der Waals surface area (Å²) in [6.07, 6.45) is -0.673. The maximum Gasteiger partial charge on any atom is 0.307 e. The summed E-state index contributed by atoms with van der Waals surface area (Å²) >= 11 is 1.59. The van der Waals surface area contributed by atoms with Crippen molar-refractivity contribution >= 4 is 29.3 Å². The fourth-order valence-corrected chi connectivity index (χ4v) is 3.45. The Morgan fingerprint density at radius 3 is 2.38 bits per heavy atom. The average molecular weight is 418 g/mol. The van der Waals surface area contributed by atoms with Gasteiger partial charge in [-0.15, -0.1) is 11.8 Å². The number of aryl methyl sites for hydroxylation is 2. The van der Waals surface area contributed by atoms with E-state index in [1.807, 2.05) is 6.07 Å². The number of methoxy groups -OCH3 is 2. The third kappa shape index (κ3) is 6.71. The Bertz CT molecular complexity index is 868. The Balaban J connectivity index is 1.80. The van der Waals surface area contributed by atoms with Crippen molar-refractivity contribution in [2.24, 2.45) is 0 Å². The Morgan fingerprint density at radius 2 is 1.72 bits per heavy atom. The molecule has 0 heterocycles. The van der Waals surface area contributed by atoms with E-state index in [1.54, 1.807) is 36.9 Å². The van der Waals surface area contributed by atoms with Crippen LogP contribution in [-0.4, -0.2) is 38.0 Å². The van der Waals surface area contributed by atoms with Crippen LogP contribution in [0.4, 0.5) is 5.69 Å². The van der Waals surface area contributed by atoms with Crippen LogP contribution in [0.25, 0.3) is 0 Å². The number of carbonyl (C=O) groups excluding carboxylic acids is 2. The van der Waals surface area contributed by atoms with Crippen LogP contribution < -0.4 is 14.8 Å². The van der Waals surface area contributed by atoms with Crippen molar-refractivity contribution < 1.29 is 23.8 Å². The minimum absolute atomic E-state index is 0.228. The molecule has 0 aliphatic carbocycles. The second kappa shape index (κ2) is 10.8. The standard InChI is InChI=1S/C22H27NO5S/c1-14-6-8-18(12-15(14)2)29-11-10-21(24)28-16(3)22(25)23-17-7-9-19(26-4)20(13-17)27-5/h6-9,12-13,16H,10-11H2,1-5H3,(H,23,25)/t16-/m0/s1. The Morgan fingerprint density at radius 1 is 1.00 bits per heavy atom. The number of rotatable bonds is 9. The second-order valence-electron chi connectivity index (χ2n) is 6.54. The summed E-state index contributed by atoms with van der Waals surface area (Å²) in [5.74, 6) is 0.832. The number of anilines is 1. The first-order valence-corrected chi connectivity index (χ1v) is 10.2. The average Bonchev–Trinajstić information content (AvgIpc) is 2.70. The highest BCUT2D eigenvalue weighted by molar-refractivity contribution is 7.99. The molecule has 0 unspecified atom stereocenters. The van der Waals surface area contributed by atoms with Gasteiger partial charge in [0, 0.05) is 22.4 Å². The third-order valence-corrected chi connectivity index (χ3v) is 5.38. The first-order valence-electron chi connectivity index (χ1n) is 9.26. The number of thioether (sulfide) groups is 1. The van der Waals surface area contributed by atoms with Gasteiger partial charge in [-0.25, -0.2) is 0 Å². The van der Waals surface area contributed by atoms with Crippen LogP contribution in [0.2, 0.25) is 0 Å². The molecule has 2 aromatic carbocycles. The normalized spacial score (nSPS) is 11.5. The van der Waals surface area contributed by atoms with Gasteiger partial charge >= 0.3 is 5.97 Å². The molecule has 6 nitrogen and oxygen atoms in total. The molecular weight excluding hydrogens is 390 g/mol. The fraction of sp³-hybridized carbons (Fsp3) is 0.364. The lowest BCUT2D eigenvalue weighted by Gasteiger charge is -2.15. The SMILES string of the molecule is COc1ccc(NC(=O)[C@H](C)OC(=O)CCSc2ccc(C)c(C)c2)cc1OC. The maximum absolute atomic E-state index is 12.3. The van der Waals surface area contributed by atoms with Crippen LogP contribution in [0.5, 0.6) is 11.5 Å². The van der Waals surface area contributed by atoms with Gasteiger partial charge in [0.25, 0.3) is 5.91 Å². The van der Waals surface area contributed by atoms with Gasteiger partial charge in [-0.3, -0.25) is 9.59 Å². The van der Waals surface area contributed by atoms with E-state index in [0.29, 0.717) is 22.9 Å². The first kappa shape index (κ1) is 22.6. The number of ether oxygens (including phenoxy) is 3. The van der Waals surface area contributed by atoms with Crippen LogP contribution in [0.3, 0.4) is 0 Å². The van der Waals surface area contributed by atoms with E-state index in [-0.39, 0.29) is 6.42 Å². The van der Waals surface area contributed by atoms with Crippen LogP contribution in [0.1, 0.15) is 24.5 Å². The second-order valence-corrected chi connectivity index (χ2v) is 7.70.